The van der Waals surface area contributed by atoms with Gasteiger partial charge in [-0.25, -0.2) is 0 Å². The summed E-state index contributed by atoms with van der Waals surface area (Å²) in [6, 6.07) is 0.133. The first kappa shape index (κ1) is 9.75. The Hall–Kier alpha value is -0.340. The van der Waals surface area contributed by atoms with E-state index in [4.69, 9.17) is 10.5 Å². The molecule has 0 amide bonds. The van der Waals surface area contributed by atoms with E-state index in [1.807, 2.05) is 6.92 Å². The lowest BCUT2D eigenvalue weighted by Crippen LogP contribution is -2.54. The van der Waals surface area contributed by atoms with Crippen molar-refractivity contribution in [2.45, 2.75) is 44.2 Å². The molecule has 0 heterocycles. The Balaban J connectivity index is 2.48. The van der Waals surface area contributed by atoms with Gasteiger partial charge in [0.25, 0.3) is 0 Å². The summed E-state index contributed by atoms with van der Waals surface area (Å²) < 4.78 is 5.47. The molecule has 2 N–H and O–H groups in total. The molecule has 2 nitrogen and oxygen atoms in total. The number of rotatable bonds is 4. The van der Waals surface area contributed by atoms with E-state index < -0.39 is 0 Å². The summed E-state index contributed by atoms with van der Waals surface area (Å²) in [4.78, 5) is 0. The lowest BCUT2D eigenvalue weighted by Gasteiger charge is -2.45. The van der Waals surface area contributed by atoms with Crippen molar-refractivity contribution in [3.8, 4) is 0 Å². The third kappa shape index (κ3) is 1.70. The summed E-state index contributed by atoms with van der Waals surface area (Å²) in [5, 5.41) is 0. The first-order valence-electron chi connectivity index (χ1n) is 4.56. The molecule has 1 saturated carbocycles. The lowest BCUT2D eigenvalue weighted by atomic mass is 9.73. The van der Waals surface area contributed by atoms with Crippen molar-refractivity contribution < 1.29 is 4.74 Å². The normalized spacial score (nSPS) is 22.9. The van der Waals surface area contributed by atoms with E-state index >= 15 is 0 Å². The molecular weight excluding hydrogens is 150 g/mol. The molecule has 0 spiro atoms. The predicted molar refractivity (Wildman–Crippen MR) is 51.0 cm³/mol. The highest BCUT2D eigenvalue weighted by Gasteiger charge is 2.42. The zero-order chi connectivity index (χ0) is 9.19. The van der Waals surface area contributed by atoms with E-state index in [1.54, 1.807) is 7.11 Å². The lowest BCUT2D eigenvalue weighted by molar-refractivity contribution is -0.0896. The second-order valence-electron chi connectivity index (χ2n) is 3.89. The highest BCUT2D eigenvalue weighted by Crippen LogP contribution is 2.38. The Morgan fingerprint density at radius 2 is 2.25 bits per heavy atom. The zero-order valence-corrected chi connectivity index (χ0v) is 8.10. The maximum Gasteiger partial charge on any atom is 0.0832 e. The van der Waals surface area contributed by atoms with Gasteiger partial charge in [-0.3, -0.25) is 0 Å². The fourth-order valence-corrected chi connectivity index (χ4v) is 1.81. The van der Waals surface area contributed by atoms with Crippen LogP contribution in [0, 0.1) is 0 Å². The van der Waals surface area contributed by atoms with Crippen LogP contribution in [-0.4, -0.2) is 18.8 Å². The molecule has 0 aliphatic heterocycles. The maximum absolute atomic E-state index is 6.04. The van der Waals surface area contributed by atoms with Crippen LogP contribution >= 0.6 is 0 Å². The number of hydrogen-bond acceptors (Lipinski definition) is 2. The van der Waals surface area contributed by atoms with Crippen LogP contribution in [0.15, 0.2) is 12.2 Å². The van der Waals surface area contributed by atoms with Crippen LogP contribution in [0.25, 0.3) is 0 Å². The number of nitrogens with two attached hydrogens (primary N) is 1. The third-order valence-electron chi connectivity index (χ3n) is 2.85. The average Bonchev–Trinajstić information content (AvgIpc) is 1.83. The van der Waals surface area contributed by atoms with Gasteiger partial charge in [0.2, 0.25) is 0 Å². The van der Waals surface area contributed by atoms with E-state index in [0.29, 0.717) is 0 Å². The molecule has 70 valence electrons. The van der Waals surface area contributed by atoms with Gasteiger partial charge >= 0.3 is 0 Å². The molecular formula is C10H19NO. The first-order chi connectivity index (χ1) is 5.60. The van der Waals surface area contributed by atoms with E-state index in [0.717, 1.165) is 24.8 Å². The fraction of sp³-hybridized carbons (Fsp3) is 0.800. The molecule has 1 atom stereocenters. The number of methoxy groups -OCH3 is 1. The summed E-state index contributed by atoms with van der Waals surface area (Å²) in [6.45, 7) is 5.88. The molecule has 2 heteroatoms. The van der Waals surface area contributed by atoms with Crippen molar-refractivity contribution in [2.75, 3.05) is 7.11 Å². The fourth-order valence-electron chi connectivity index (χ4n) is 1.81. The molecule has 12 heavy (non-hydrogen) atoms. The Labute approximate surface area is 74.8 Å². The first-order valence-corrected chi connectivity index (χ1v) is 4.56. The van der Waals surface area contributed by atoms with Crippen molar-refractivity contribution in [2.24, 2.45) is 5.73 Å². The summed E-state index contributed by atoms with van der Waals surface area (Å²) in [5.74, 6) is 0. The van der Waals surface area contributed by atoms with Crippen LogP contribution in [0.1, 0.15) is 32.6 Å². The smallest absolute Gasteiger partial charge is 0.0832 e. The molecule has 0 saturated heterocycles. The second kappa shape index (κ2) is 3.58. The standard InChI is InChI=1S/C10H19NO/c1-8(2)7-9(11)10(12-3)5-4-6-10/h9H,1,4-7,11H2,2-3H3. The Morgan fingerprint density at radius 3 is 2.50 bits per heavy atom. The number of hydrogen-bond donors (Lipinski definition) is 1. The van der Waals surface area contributed by atoms with E-state index in [1.165, 1.54) is 6.42 Å². The predicted octanol–water partition coefficient (Wildman–Crippen LogP) is 1.85. The molecule has 1 fully saturated rings. The van der Waals surface area contributed by atoms with Gasteiger partial charge < -0.3 is 10.5 Å². The van der Waals surface area contributed by atoms with Crippen LogP contribution in [0.3, 0.4) is 0 Å². The van der Waals surface area contributed by atoms with Crippen LogP contribution in [0.4, 0.5) is 0 Å². The molecule has 0 aromatic heterocycles. The minimum Gasteiger partial charge on any atom is -0.377 e. The highest BCUT2D eigenvalue weighted by molar-refractivity contribution is 5.04. The van der Waals surface area contributed by atoms with Gasteiger partial charge in [0, 0.05) is 13.2 Å². The molecule has 0 bridgehead atoms. The molecule has 1 rings (SSSR count). The number of ether oxygens (including phenoxy) is 1. The Bertz CT molecular complexity index is 167. The summed E-state index contributed by atoms with van der Waals surface area (Å²) in [7, 11) is 1.76. The monoisotopic (exact) mass is 169 g/mol. The second-order valence-corrected chi connectivity index (χ2v) is 3.89. The van der Waals surface area contributed by atoms with Crippen molar-refractivity contribution >= 4 is 0 Å². The summed E-state index contributed by atoms with van der Waals surface area (Å²) in [6.07, 6.45) is 4.35. The molecule has 0 radical (unpaired) electrons. The minimum absolute atomic E-state index is 0.0288. The summed E-state index contributed by atoms with van der Waals surface area (Å²) in [5.41, 5.74) is 7.16. The van der Waals surface area contributed by atoms with Gasteiger partial charge in [-0.2, -0.15) is 0 Å². The SMILES string of the molecule is C=C(C)CC(N)C1(OC)CCC1. The van der Waals surface area contributed by atoms with E-state index in [-0.39, 0.29) is 11.6 Å². The van der Waals surface area contributed by atoms with Gasteiger partial charge in [-0.05, 0) is 32.6 Å². The van der Waals surface area contributed by atoms with Gasteiger partial charge in [-0.1, -0.05) is 5.57 Å². The molecule has 1 unspecified atom stereocenters. The van der Waals surface area contributed by atoms with Crippen molar-refractivity contribution in [3.63, 3.8) is 0 Å². The third-order valence-corrected chi connectivity index (χ3v) is 2.85. The van der Waals surface area contributed by atoms with Crippen molar-refractivity contribution in [1.82, 2.24) is 0 Å². The Morgan fingerprint density at radius 1 is 1.67 bits per heavy atom. The van der Waals surface area contributed by atoms with Gasteiger partial charge in [0.05, 0.1) is 5.60 Å². The van der Waals surface area contributed by atoms with Crippen molar-refractivity contribution in [1.29, 1.82) is 0 Å². The maximum atomic E-state index is 6.04. The highest BCUT2D eigenvalue weighted by atomic mass is 16.5. The molecule has 1 aliphatic rings. The van der Waals surface area contributed by atoms with E-state index in [2.05, 4.69) is 6.58 Å². The molecule has 0 aromatic carbocycles. The van der Waals surface area contributed by atoms with Gasteiger partial charge in [-0.15, -0.1) is 6.58 Å². The quantitative estimate of drug-likeness (QED) is 0.652. The molecule has 1 aliphatic carbocycles. The molecule has 0 aromatic rings. The van der Waals surface area contributed by atoms with E-state index in [9.17, 15) is 0 Å². The van der Waals surface area contributed by atoms with Crippen LogP contribution < -0.4 is 5.73 Å². The van der Waals surface area contributed by atoms with Gasteiger partial charge in [0.15, 0.2) is 0 Å². The van der Waals surface area contributed by atoms with Crippen LogP contribution in [-0.2, 0) is 4.74 Å². The summed E-state index contributed by atoms with van der Waals surface area (Å²) >= 11 is 0. The van der Waals surface area contributed by atoms with Crippen molar-refractivity contribution in [3.05, 3.63) is 12.2 Å². The average molecular weight is 169 g/mol. The largest absolute Gasteiger partial charge is 0.377 e. The zero-order valence-electron chi connectivity index (χ0n) is 8.10. The topological polar surface area (TPSA) is 35.2 Å². The Kier molecular flexibility index (Phi) is 2.91. The van der Waals surface area contributed by atoms with Gasteiger partial charge in [0.1, 0.15) is 0 Å². The van der Waals surface area contributed by atoms with Crippen LogP contribution in [0.2, 0.25) is 0 Å². The van der Waals surface area contributed by atoms with Crippen LogP contribution in [0.5, 0.6) is 0 Å². The minimum atomic E-state index is -0.0288.